The van der Waals surface area contributed by atoms with Gasteiger partial charge in [-0.25, -0.2) is 19.9 Å². The minimum absolute atomic E-state index is 0.0941. The molecule has 1 amide bonds. The van der Waals surface area contributed by atoms with Crippen molar-refractivity contribution in [3.63, 3.8) is 0 Å². The third-order valence-electron chi connectivity index (χ3n) is 4.91. The average molecular weight is 389 g/mol. The average Bonchev–Trinajstić information content (AvgIpc) is 2.80. The summed E-state index contributed by atoms with van der Waals surface area (Å²) in [5, 5.41) is 0. The van der Waals surface area contributed by atoms with E-state index < -0.39 is 0 Å². The van der Waals surface area contributed by atoms with Crippen molar-refractivity contribution >= 4 is 17.7 Å². The van der Waals surface area contributed by atoms with Crippen molar-refractivity contribution in [3.8, 4) is 0 Å². The van der Waals surface area contributed by atoms with Crippen LogP contribution in [0.4, 0.5) is 11.8 Å². The first-order valence-electron chi connectivity index (χ1n) is 9.59. The van der Waals surface area contributed by atoms with E-state index in [0.29, 0.717) is 37.8 Å². The molecule has 1 aliphatic heterocycles. The molecule has 1 saturated heterocycles. The number of carbonyl (C=O) groups is 1. The maximum atomic E-state index is 12.8. The van der Waals surface area contributed by atoms with Crippen molar-refractivity contribution in [2.75, 3.05) is 43.0 Å². The van der Waals surface area contributed by atoms with Gasteiger partial charge < -0.3 is 14.7 Å². The van der Waals surface area contributed by atoms with Gasteiger partial charge in [0.15, 0.2) is 0 Å². The van der Waals surface area contributed by atoms with Gasteiger partial charge in [0, 0.05) is 52.2 Å². The van der Waals surface area contributed by atoms with Crippen molar-refractivity contribution in [3.05, 3.63) is 72.4 Å². The maximum absolute atomic E-state index is 12.8. The van der Waals surface area contributed by atoms with Crippen molar-refractivity contribution in [2.24, 2.45) is 0 Å². The summed E-state index contributed by atoms with van der Waals surface area (Å²) in [7, 11) is 1.96. The third-order valence-corrected chi connectivity index (χ3v) is 4.91. The zero-order chi connectivity index (χ0) is 20.1. The Balaban J connectivity index is 1.35. The van der Waals surface area contributed by atoms with Crippen LogP contribution in [0.25, 0.3) is 0 Å². The van der Waals surface area contributed by atoms with Crippen LogP contribution in [-0.4, -0.2) is 64.0 Å². The van der Waals surface area contributed by atoms with E-state index in [1.165, 1.54) is 5.56 Å². The summed E-state index contributed by atoms with van der Waals surface area (Å²) < 4.78 is 0. The van der Waals surface area contributed by atoms with Gasteiger partial charge in [0.1, 0.15) is 11.5 Å². The summed E-state index contributed by atoms with van der Waals surface area (Å²) >= 11 is 0. The number of piperazine rings is 1. The predicted molar refractivity (Wildman–Crippen MR) is 111 cm³/mol. The number of aromatic nitrogens is 4. The van der Waals surface area contributed by atoms with Crippen LogP contribution in [0.5, 0.6) is 0 Å². The second-order valence-corrected chi connectivity index (χ2v) is 6.93. The van der Waals surface area contributed by atoms with Gasteiger partial charge in [-0.05, 0) is 11.6 Å². The molecule has 1 aromatic carbocycles. The molecule has 0 radical (unpaired) electrons. The molecular formula is C21H23N7O. The third kappa shape index (κ3) is 4.48. The van der Waals surface area contributed by atoms with Crippen LogP contribution < -0.4 is 9.80 Å². The quantitative estimate of drug-likeness (QED) is 0.659. The van der Waals surface area contributed by atoms with Crippen LogP contribution in [0, 0.1) is 0 Å². The molecule has 1 fully saturated rings. The number of benzene rings is 1. The van der Waals surface area contributed by atoms with Gasteiger partial charge in [0.2, 0.25) is 5.95 Å². The molecule has 0 N–H and O–H groups in total. The zero-order valence-electron chi connectivity index (χ0n) is 16.3. The number of carbonyl (C=O) groups excluding carboxylic acids is 1. The summed E-state index contributed by atoms with van der Waals surface area (Å²) in [5.41, 5.74) is 1.56. The van der Waals surface area contributed by atoms with E-state index in [1.54, 1.807) is 35.8 Å². The Morgan fingerprint density at radius 2 is 1.66 bits per heavy atom. The van der Waals surface area contributed by atoms with Crippen LogP contribution in [-0.2, 0) is 6.54 Å². The fourth-order valence-corrected chi connectivity index (χ4v) is 3.29. The fraction of sp³-hybridized carbons (Fsp3) is 0.286. The summed E-state index contributed by atoms with van der Waals surface area (Å²) in [6.45, 7) is 3.33. The molecule has 0 bridgehead atoms. The highest BCUT2D eigenvalue weighted by atomic mass is 16.2. The van der Waals surface area contributed by atoms with E-state index in [2.05, 4.69) is 37.0 Å². The second kappa shape index (κ2) is 8.64. The summed E-state index contributed by atoms with van der Waals surface area (Å²) in [5.74, 6) is 1.34. The second-order valence-electron chi connectivity index (χ2n) is 6.93. The normalized spacial score (nSPS) is 14.0. The lowest BCUT2D eigenvalue weighted by Crippen LogP contribution is -2.49. The Morgan fingerprint density at radius 3 is 2.31 bits per heavy atom. The van der Waals surface area contributed by atoms with E-state index in [-0.39, 0.29) is 5.91 Å². The topological polar surface area (TPSA) is 78.4 Å². The first-order chi connectivity index (χ1) is 14.2. The van der Waals surface area contributed by atoms with Gasteiger partial charge in [-0.15, -0.1) is 0 Å². The first-order valence-corrected chi connectivity index (χ1v) is 9.59. The van der Waals surface area contributed by atoms with Gasteiger partial charge in [0.05, 0.1) is 12.4 Å². The molecule has 0 unspecified atom stereocenters. The smallest absolute Gasteiger partial charge is 0.274 e. The standard InChI is InChI=1S/C21H23N7O/c1-26(16-17-6-3-2-4-7-17)19-15-24-18(14-25-19)20(29)27-10-12-28(13-11-27)21-22-8-5-9-23-21/h2-9,14-15H,10-13,16H2,1H3. The summed E-state index contributed by atoms with van der Waals surface area (Å²) in [4.78, 5) is 36.0. The van der Waals surface area contributed by atoms with Gasteiger partial charge in [-0.3, -0.25) is 4.79 Å². The summed E-state index contributed by atoms with van der Waals surface area (Å²) in [6, 6.07) is 12.0. The maximum Gasteiger partial charge on any atom is 0.274 e. The van der Waals surface area contributed by atoms with E-state index in [4.69, 9.17) is 0 Å². The lowest BCUT2D eigenvalue weighted by Gasteiger charge is -2.34. The highest BCUT2D eigenvalue weighted by Gasteiger charge is 2.24. The molecule has 1 aliphatic rings. The molecule has 29 heavy (non-hydrogen) atoms. The number of anilines is 2. The molecule has 148 valence electrons. The number of nitrogens with zero attached hydrogens (tertiary/aromatic N) is 7. The summed E-state index contributed by atoms with van der Waals surface area (Å²) in [6.07, 6.45) is 6.67. The Morgan fingerprint density at radius 1 is 0.931 bits per heavy atom. The lowest BCUT2D eigenvalue weighted by atomic mass is 10.2. The van der Waals surface area contributed by atoms with E-state index >= 15 is 0 Å². The van der Waals surface area contributed by atoms with Crippen LogP contribution in [0.15, 0.2) is 61.2 Å². The van der Waals surface area contributed by atoms with Crippen molar-refractivity contribution in [1.29, 1.82) is 0 Å². The molecule has 0 atom stereocenters. The fourth-order valence-electron chi connectivity index (χ4n) is 3.29. The monoisotopic (exact) mass is 389 g/mol. The SMILES string of the molecule is CN(Cc1ccccc1)c1cnc(C(=O)N2CCN(c3ncccn3)CC2)cn1. The molecule has 4 rings (SSSR count). The van der Waals surface area contributed by atoms with Crippen LogP contribution >= 0.6 is 0 Å². The van der Waals surface area contributed by atoms with Crippen LogP contribution in [0.1, 0.15) is 16.1 Å². The van der Waals surface area contributed by atoms with Gasteiger partial charge in [-0.1, -0.05) is 30.3 Å². The number of hydrogen-bond acceptors (Lipinski definition) is 7. The highest BCUT2D eigenvalue weighted by molar-refractivity contribution is 5.92. The largest absolute Gasteiger partial charge is 0.354 e. The zero-order valence-corrected chi connectivity index (χ0v) is 16.3. The van der Waals surface area contributed by atoms with Crippen molar-refractivity contribution < 1.29 is 4.79 Å². The first kappa shape index (κ1) is 18.8. The highest BCUT2D eigenvalue weighted by Crippen LogP contribution is 2.14. The molecular weight excluding hydrogens is 366 g/mol. The number of amides is 1. The Kier molecular flexibility index (Phi) is 5.60. The van der Waals surface area contributed by atoms with Gasteiger partial charge in [0.25, 0.3) is 5.91 Å². The molecule has 3 aromatic rings. The Labute approximate surface area is 169 Å². The Bertz CT molecular complexity index is 926. The van der Waals surface area contributed by atoms with Crippen LogP contribution in [0.2, 0.25) is 0 Å². The van der Waals surface area contributed by atoms with E-state index in [0.717, 1.165) is 12.4 Å². The molecule has 2 aromatic heterocycles. The van der Waals surface area contributed by atoms with E-state index in [1.807, 2.05) is 30.1 Å². The predicted octanol–water partition coefficient (Wildman–Crippen LogP) is 1.87. The molecule has 0 saturated carbocycles. The molecule has 0 spiro atoms. The van der Waals surface area contributed by atoms with Crippen LogP contribution in [0.3, 0.4) is 0 Å². The molecule has 3 heterocycles. The van der Waals surface area contributed by atoms with Gasteiger partial charge in [-0.2, -0.15) is 0 Å². The van der Waals surface area contributed by atoms with E-state index in [9.17, 15) is 4.79 Å². The lowest BCUT2D eigenvalue weighted by molar-refractivity contribution is 0.0740. The number of hydrogen-bond donors (Lipinski definition) is 0. The van der Waals surface area contributed by atoms with Crippen molar-refractivity contribution in [1.82, 2.24) is 24.8 Å². The minimum Gasteiger partial charge on any atom is -0.354 e. The molecule has 0 aliphatic carbocycles. The Hall–Kier alpha value is -3.55. The molecule has 8 nitrogen and oxygen atoms in total. The van der Waals surface area contributed by atoms with Crippen molar-refractivity contribution in [2.45, 2.75) is 6.54 Å². The molecule has 8 heteroatoms. The number of rotatable bonds is 5. The minimum atomic E-state index is -0.0941. The van der Waals surface area contributed by atoms with Gasteiger partial charge >= 0.3 is 0 Å².